The highest BCUT2D eigenvalue weighted by Gasteiger charge is 2.09. The monoisotopic (exact) mass is 188 g/mol. The Morgan fingerprint density at radius 2 is 2.15 bits per heavy atom. The first-order valence-electron chi connectivity index (χ1n) is 4.87. The van der Waals surface area contributed by atoms with Gasteiger partial charge in [0.05, 0.1) is 0 Å². The molecule has 0 rings (SSSR count). The van der Waals surface area contributed by atoms with Crippen LogP contribution in [0.25, 0.3) is 0 Å². The Labute approximate surface area is 79.5 Å². The first-order chi connectivity index (χ1) is 6.18. The molecule has 0 heterocycles. The molecule has 0 aromatic rings. The van der Waals surface area contributed by atoms with Gasteiger partial charge in [-0.25, -0.2) is 0 Å². The molecule has 13 heavy (non-hydrogen) atoms. The van der Waals surface area contributed by atoms with Gasteiger partial charge in [0.1, 0.15) is 6.04 Å². The summed E-state index contributed by atoms with van der Waals surface area (Å²) in [6.45, 7) is 4.11. The number of nitrogens with two attached hydrogens (primary N) is 1. The lowest BCUT2D eigenvalue weighted by atomic mass is 10.1. The van der Waals surface area contributed by atoms with Crippen LogP contribution >= 0.6 is 0 Å². The number of carboxylic acid groups (broad SMARTS) is 1. The van der Waals surface area contributed by atoms with E-state index in [2.05, 4.69) is 12.2 Å². The SMILES string of the molecule is CCCNCCCC[C@H](N)C(=O)O. The van der Waals surface area contributed by atoms with E-state index in [1.807, 2.05) is 0 Å². The van der Waals surface area contributed by atoms with E-state index in [1.54, 1.807) is 0 Å². The lowest BCUT2D eigenvalue weighted by Gasteiger charge is -2.06. The Morgan fingerprint density at radius 1 is 1.46 bits per heavy atom. The van der Waals surface area contributed by atoms with Crippen molar-refractivity contribution in [3.63, 3.8) is 0 Å². The zero-order valence-electron chi connectivity index (χ0n) is 8.25. The Bertz CT molecular complexity index is 140. The molecule has 0 aliphatic rings. The third kappa shape index (κ3) is 7.74. The molecule has 0 saturated carbocycles. The van der Waals surface area contributed by atoms with Gasteiger partial charge in [-0.3, -0.25) is 4.79 Å². The quantitative estimate of drug-likeness (QED) is 0.487. The van der Waals surface area contributed by atoms with E-state index < -0.39 is 12.0 Å². The van der Waals surface area contributed by atoms with Gasteiger partial charge < -0.3 is 16.2 Å². The minimum Gasteiger partial charge on any atom is -0.480 e. The maximum absolute atomic E-state index is 10.3. The molecule has 0 unspecified atom stereocenters. The Hall–Kier alpha value is -0.610. The van der Waals surface area contributed by atoms with Crippen LogP contribution in [0.2, 0.25) is 0 Å². The Balaban J connectivity index is 3.11. The molecule has 0 fully saturated rings. The molecule has 0 aromatic carbocycles. The van der Waals surface area contributed by atoms with Crippen molar-refractivity contribution in [3.05, 3.63) is 0 Å². The molecule has 0 bridgehead atoms. The van der Waals surface area contributed by atoms with Crippen LogP contribution in [0.3, 0.4) is 0 Å². The summed E-state index contributed by atoms with van der Waals surface area (Å²) in [5, 5.41) is 11.7. The van der Waals surface area contributed by atoms with Crippen LogP contribution in [-0.4, -0.2) is 30.2 Å². The summed E-state index contributed by atoms with van der Waals surface area (Å²) in [6, 6.07) is -0.689. The third-order valence-electron chi connectivity index (χ3n) is 1.86. The van der Waals surface area contributed by atoms with Gasteiger partial charge in [-0.2, -0.15) is 0 Å². The first kappa shape index (κ1) is 12.4. The predicted molar refractivity (Wildman–Crippen MR) is 52.6 cm³/mol. The van der Waals surface area contributed by atoms with E-state index in [0.717, 1.165) is 32.4 Å². The van der Waals surface area contributed by atoms with Gasteiger partial charge >= 0.3 is 5.97 Å². The second-order valence-corrected chi connectivity index (χ2v) is 3.19. The van der Waals surface area contributed by atoms with Crippen molar-refractivity contribution >= 4 is 5.97 Å². The normalized spacial score (nSPS) is 12.8. The second kappa shape index (κ2) is 8.01. The van der Waals surface area contributed by atoms with Crippen molar-refractivity contribution in [2.75, 3.05) is 13.1 Å². The molecule has 4 heteroatoms. The molecule has 0 radical (unpaired) electrons. The molecule has 1 atom stereocenters. The Kier molecular flexibility index (Phi) is 7.63. The molecule has 4 N–H and O–H groups in total. The van der Waals surface area contributed by atoms with Crippen LogP contribution in [0.5, 0.6) is 0 Å². The van der Waals surface area contributed by atoms with Crippen LogP contribution in [-0.2, 0) is 4.79 Å². The topological polar surface area (TPSA) is 75.3 Å². The van der Waals surface area contributed by atoms with Crippen LogP contribution in [0.4, 0.5) is 0 Å². The van der Waals surface area contributed by atoms with E-state index in [4.69, 9.17) is 10.8 Å². The molecule has 4 nitrogen and oxygen atoms in total. The van der Waals surface area contributed by atoms with Gasteiger partial charge in [0.25, 0.3) is 0 Å². The zero-order valence-corrected chi connectivity index (χ0v) is 8.25. The molecule has 78 valence electrons. The molecule has 0 saturated heterocycles. The van der Waals surface area contributed by atoms with Crippen LogP contribution < -0.4 is 11.1 Å². The number of nitrogens with one attached hydrogen (secondary N) is 1. The number of carbonyl (C=O) groups is 1. The fourth-order valence-corrected chi connectivity index (χ4v) is 1.04. The van der Waals surface area contributed by atoms with Gasteiger partial charge in [-0.1, -0.05) is 13.3 Å². The number of unbranched alkanes of at least 4 members (excludes halogenated alkanes) is 1. The maximum atomic E-state index is 10.3. The number of hydrogen-bond donors (Lipinski definition) is 3. The fourth-order valence-electron chi connectivity index (χ4n) is 1.04. The van der Waals surface area contributed by atoms with Crippen molar-refractivity contribution in [1.29, 1.82) is 0 Å². The van der Waals surface area contributed by atoms with Crippen molar-refractivity contribution in [2.45, 2.75) is 38.6 Å². The molecular weight excluding hydrogens is 168 g/mol. The van der Waals surface area contributed by atoms with Crippen molar-refractivity contribution in [1.82, 2.24) is 5.32 Å². The first-order valence-corrected chi connectivity index (χ1v) is 4.87. The summed E-state index contributed by atoms with van der Waals surface area (Å²) in [5.41, 5.74) is 5.34. The Morgan fingerprint density at radius 3 is 2.69 bits per heavy atom. The summed E-state index contributed by atoms with van der Waals surface area (Å²) in [6.07, 6.45) is 3.59. The van der Waals surface area contributed by atoms with Gasteiger partial charge in [0, 0.05) is 0 Å². The molecular formula is C9H20N2O2. The van der Waals surface area contributed by atoms with Crippen LogP contribution in [0.15, 0.2) is 0 Å². The van der Waals surface area contributed by atoms with Crippen LogP contribution in [0, 0.1) is 0 Å². The summed E-state index contributed by atoms with van der Waals surface area (Å²) in [5.74, 6) is -0.901. The van der Waals surface area contributed by atoms with Crippen molar-refractivity contribution in [2.24, 2.45) is 5.73 Å². The second-order valence-electron chi connectivity index (χ2n) is 3.19. The smallest absolute Gasteiger partial charge is 0.320 e. The summed E-state index contributed by atoms with van der Waals surface area (Å²) in [7, 11) is 0. The molecule has 0 aliphatic carbocycles. The number of aliphatic carboxylic acids is 1. The highest BCUT2D eigenvalue weighted by Crippen LogP contribution is 1.97. The van der Waals surface area contributed by atoms with Gasteiger partial charge in [-0.05, 0) is 32.4 Å². The van der Waals surface area contributed by atoms with E-state index in [1.165, 1.54) is 0 Å². The predicted octanol–water partition coefficient (Wildman–Crippen LogP) is 0.568. The minimum atomic E-state index is -0.901. The van der Waals surface area contributed by atoms with E-state index in [0.29, 0.717) is 6.42 Å². The van der Waals surface area contributed by atoms with Crippen molar-refractivity contribution in [3.8, 4) is 0 Å². The lowest BCUT2D eigenvalue weighted by molar-refractivity contribution is -0.138. The zero-order chi connectivity index (χ0) is 10.1. The molecule has 0 amide bonds. The van der Waals surface area contributed by atoms with E-state index >= 15 is 0 Å². The largest absolute Gasteiger partial charge is 0.480 e. The lowest BCUT2D eigenvalue weighted by Crippen LogP contribution is -2.30. The summed E-state index contributed by atoms with van der Waals surface area (Å²) < 4.78 is 0. The maximum Gasteiger partial charge on any atom is 0.320 e. The van der Waals surface area contributed by atoms with Gasteiger partial charge in [0.2, 0.25) is 0 Å². The molecule has 0 aliphatic heterocycles. The average Bonchev–Trinajstić information content (AvgIpc) is 2.10. The summed E-state index contributed by atoms with van der Waals surface area (Å²) >= 11 is 0. The molecule has 0 aromatic heterocycles. The highest BCUT2D eigenvalue weighted by molar-refractivity contribution is 5.72. The number of carboxylic acids is 1. The van der Waals surface area contributed by atoms with Crippen LogP contribution in [0.1, 0.15) is 32.6 Å². The molecule has 0 spiro atoms. The van der Waals surface area contributed by atoms with Gasteiger partial charge in [0.15, 0.2) is 0 Å². The van der Waals surface area contributed by atoms with E-state index in [-0.39, 0.29) is 0 Å². The van der Waals surface area contributed by atoms with Crippen molar-refractivity contribution < 1.29 is 9.90 Å². The average molecular weight is 188 g/mol. The summed E-state index contributed by atoms with van der Waals surface area (Å²) in [4.78, 5) is 10.3. The minimum absolute atomic E-state index is 0.573. The number of hydrogen-bond acceptors (Lipinski definition) is 3. The highest BCUT2D eigenvalue weighted by atomic mass is 16.4. The van der Waals surface area contributed by atoms with Gasteiger partial charge in [-0.15, -0.1) is 0 Å². The fraction of sp³-hybridized carbons (Fsp3) is 0.889. The third-order valence-corrected chi connectivity index (χ3v) is 1.86. The van der Waals surface area contributed by atoms with E-state index in [9.17, 15) is 4.79 Å². The standard InChI is InChI=1S/C9H20N2O2/c1-2-6-11-7-4-3-5-8(10)9(12)13/h8,11H,2-7,10H2,1H3,(H,12,13)/t8-/m0/s1. The number of rotatable bonds is 8.